The summed E-state index contributed by atoms with van der Waals surface area (Å²) in [5.41, 5.74) is -0.739. The summed E-state index contributed by atoms with van der Waals surface area (Å²) in [5, 5.41) is 0. The maximum absolute atomic E-state index is 13.3. The van der Waals surface area contributed by atoms with Gasteiger partial charge in [0, 0.05) is 6.42 Å². The lowest BCUT2D eigenvalue weighted by Crippen LogP contribution is -2.38. The van der Waals surface area contributed by atoms with Crippen molar-refractivity contribution >= 4 is 11.9 Å². The Hall–Kier alpha value is -1.34. The Balaban J connectivity index is 4.27. The first kappa shape index (κ1) is 20.7. The summed E-state index contributed by atoms with van der Waals surface area (Å²) in [6, 6.07) is 0. The van der Waals surface area contributed by atoms with Gasteiger partial charge < -0.3 is 9.47 Å². The molecule has 0 aromatic heterocycles. The molecule has 0 aliphatic rings. The van der Waals surface area contributed by atoms with Crippen LogP contribution in [-0.4, -0.2) is 37.0 Å². The van der Waals surface area contributed by atoms with Crippen LogP contribution in [0.4, 0.5) is 17.6 Å². The van der Waals surface area contributed by atoms with Crippen LogP contribution in [0.3, 0.4) is 0 Å². The standard InChI is InChI=1S/C14H22F4O4/c1-5-12(3,4)10(19)21-7-8-22-11(20)14(17,18)9-13(15,16)6-2/h5-9H2,1-4H3. The molecule has 0 aliphatic carbocycles. The van der Waals surface area contributed by atoms with E-state index in [1.165, 1.54) is 0 Å². The minimum Gasteiger partial charge on any atom is -0.462 e. The molecule has 0 amide bonds. The van der Waals surface area contributed by atoms with Crippen molar-refractivity contribution in [2.24, 2.45) is 5.41 Å². The summed E-state index contributed by atoms with van der Waals surface area (Å²) in [6.45, 7) is 5.07. The molecule has 0 saturated carbocycles. The predicted molar refractivity (Wildman–Crippen MR) is 70.8 cm³/mol. The average molecular weight is 330 g/mol. The Morgan fingerprint density at radius 2 is 1.32 bits per heavy atom. The lowest BCUT2D eigenvalue weighted by atomic mass is 9.91. The monoisotopic (exact) mass is 330 g/mol. The van der Waals surface area contributed by atoms with E-state index >= 15 is 0 Å². The minimum absolute atomic E-state index is 0.408. The lowest BCUT2D eigenvalue weighted by Gasteiger charge is -2.22. The predicted octanol–water partition coefficient (Wildman–Crippen LogP) is 3.58. The number of hydrogen-bond acceptors (Lipinski definition) is 4. The normalized spacial score (nSPS) is 12.9. The van der Waals surface area contributed by atoms with Crippen LogP contribution in [0.25, 0.3) is 0 Å². The van der Waals surface area contributed by atoms with E-state index in [2.05, 4.69) is 4.74 Å². The van der Waals surface area contributed by atoms with Crippen LogP contribution >= 0.6 is 0 Å². The zero-order valence-corrected chi connectivity index (χ0v) is 13.2. The fraction of sp³-hybridized carbons (Fsp3) is 0.857. The van der Waals surface area contributed by atoms with Crippen LogP contribution < -0.4 is 0 Å². The Morgan fingerprint density at radius 1 is 0.864 bits per heavy atom. The summed E-state index contributed by atoms with van der Waals surface area (Å²) in [6.07, 6.45) is -2.20. The van der Waals surface area contributed by atoms with Crippen molar-refractivity contribution in [1.82, 2.24) is 0 Å². The van der Waals surface area contributed by atoms with Gasteiger partial charge in [0.2, 0.25) is 0 Å². The highest BCUT2D eigenvalue weighted by molar-refractivity contribution is 5.77. The van der Waals surface area contributed by atoms with Gasteiger partial charge in [-0.2, -0.15) is 8.78 Å². The molecule has 0 saturated heterocycles. The molecule has 0 aromatic carbocycles. The third kappa shape index (κ3) is 6.62. The number of rotatable bonds is 9. The Bertz CT molecular complexity index is 394. The molecular weight excluding hydrogens is 308 g/mol. The topological polar surface area (TPSA) is 52.6 Å². The maximum atomic E-state index is 13.3. The molecule has 0 N–H and O–H groups in total. The van der Waals surface area contributed by atoms with Crippen molar-refractivity contribution in [3.63, 3.8) is 0 Å². The molecule has 0 heterocycles. The zero-order valence-electron chi connectivity index (χ0n) is 13.2. The van der Waals surface area contributed by atoms with E-state index in [9.17, 15) is 27.2 Å². The molecule has 0 spiro atoms. The summed E-state index contributed by atoms with van der Waals surface area (Å²) >= 11 is 0. The van der Waals surface area contributed by atoms with E-state index in [4.69, 9.17) is 4.74 Å². The average Bonchev–Trinajstić information content (AvgIpc) is 2.41. The van der Waals surface area contributed by atoms with Gasteiger partial charge in [-0.3, -0.25) is 4.79 Å². The van der Waals surface area contributed by atoms with Crippen molar-refractivity contribution in [2.75, 3.05) is 13.2 Å². The number of carbonyl (C=O) groups excluding carboxylic acids is 2. The summed E-state index contributed by atoms with van der Waals surface area (Å²) in [5.74, 6) is -10.5. The highest BCUT2D eigenvalue weighted by atomic mass is 19.3. The molecule has 0 aromatic rings. The van der Waals surface area contributed by atoms with E-state index in [0.717, 1.165) is 6.92 Å². The number of esters is 2. The number of halogens is 4. The van der Waals surface area contributed by atoms with Gasteiger partial charge >= 0.3 is 17.9 Å². The molecule has 0 rings (SSSR count). The van der Waals surface area contributed by atoms with Crippen LogP contribution in [0.5, 0.6) is 0 Å². The van der Waals surface area contributed by atoms with Crippen molar-refractivity contribution in [2.45, 2.75) is 58.8 Å². The van der Waals surface area contributed by atoms with E-state index in [0.29, 0.717) is 6.42 Å². The van der Waals surface area contributed by atoms with Crippen molar-refractivity contribution in [1.29, 1.82) is 0 Å². The molecule has 0 unspecified atom stereocenters. The minimum atomic E-state index is -4.29. The zero-order chi connectivity index (χ0) is 17.6. The first-order valence-corrected chi connectivity index (χ1v) is 6.98. The Morgan fingerprint density at radius 3 is 1.73 bits per heavy atom. The van der Waals surface area contributed by atoms with Crippen LogP contribution in [0.2, 0.25) is 0 Å². The highest BCUT2D eigenvalue weighted by Gasteiger charge is 2.49. The number of ether oxygens (including phenoxy) is 2. The summed E-state index contributed by atoms with van der Waals surface area (Å²) < 4.78 is 61.3. The molecular formula is C14H22F4O4. The Labute approximate surface area is 127 Å². The van der Waals surface area contributed by atoms with Gasteiger partial charge in [0.25, 0.3) is 5.92 Å². The molecule has 130 valence electrons. The number of carbonyl (C=O) groups is 2. The van der Waals surface area contributed by atoms with Gasteiger partial charge in [0.15, 0.2) is 0 Å². The van der Waals surface area contributed by atoms with E-state index in [1.54, 1.807) is 20.8 Å². The SMILES string of the molecule is CCC(F)(F)CC(F)(F)C(=O)OCCOC(=O)C(C)(C)CC. The molecule has 22 heavy (non-hydrogen) atoms. The third-order valence-electron chi connectivity index (χ3n) is 3.28. The van der Waals surface area contributed by atoms with Crippen LogP contribution in [-0.2, 0) is 19.1 Å². The molecule has 0 aliphatic heterocycles. The third-order valence-corrected chi connectivity index (χ3v) is 3.28. The highest BCUT2D eigenvalue weighted by Crippen LogP contribution is 2.33. The molecule has 0 fully saturated rings. The molecule has 0 atom stereocenters. The van der Waals surface area contributed by atoms with E-state index < -0.39 is 55.3 Å². The van der Waals surface area contributed by atoms with Crippen LogP contribution in [0.1, 0.15) is 47.0 Å². The van der Waals surface area contributed by atoms with Crippen molar-refractivity contribution < 1.29 is 36.6 Å². The fourth-order valence-corrected chi connectivity index (χ4v) is 1.24. The second-order valence-electron chi connectivity index (χ2n) is 5.60. The smallest absolute Gasteiger partial charge is 0.377 e. The number of hydrogen-bond donors (Lipinski definition) is 0. The second kappa shape index (κ2) is 7.78. The molecule has 4 nitrogen and oxygen atoms in total. The maximum Gasteiger partial charge on any atom is 0.377 e. The van der Waals surface area contributed by atoms with E-state index in [1.807, 2.05) is 0 Å². The summed E-state index contributed by atoms with van der Waals surface area (Å²) in [4.78, 5) is 22.7. The Kier molecular flexibility index (Phi) is 7.31. The van der Waals surface area contributed by atoms with Crippen LogP contribution in [0.15, 0.2) is 0 Å². The lowest BCUT2D eigenvalue weighted by molar-refractivity contribution is -0.187. The van der Waals surface area contributed by atoms with Crippen LogP contribution in [0, 0.1) is 5.41 Å². The first-order chi connectivity index (χ1) is 9.88. The summed E-state index contributed by atoms with van der Waals surface area (Å²) in [7, 11) is 0. The van der Waals surface area contributed by atoms with Gasteiger partial charge in [0.1, 0.15) is 13.2 Å². The fourth-order valence-electron chi connectivity index (χ4n) is 1.24. The molecule has 0 radical (unpaired) electrons. The molecule has 8 heteroatoms. The molecule has 0 bridgehead atoms. The van der Waals surface area contributed by atoms with Gasteiger partial charge in [0.05, 0.1) is 11.8 Å². The quantitative estimate of drug-likeness (QED) is 0.368. The van der Waals surface area contributed by atoms with Crippen molar-refractivity contribution in [3.05, 3.63) is 0 Å². The van der Waals surface area contributed by atoms with Gasteiger partial charge in [-0.1, -0.05) is 13.8 Å². The van der Waals surface area contributed by atoms with Gasteiger partial charge in [-0.15, -0.1) is 0 Å². The van der Waals surface area contributed by atoms with Gasteiger partial charge in [-0.05, 0) is 20.3 Å². The second-order valence-corrected chi connectivity index (χ2v) is 5.60. The number of alkyl halides is 4. The van der Waals surface area contributed by atoms with Crippen molar-refractivity contribution in [3.8, 4) is 0 Å². The largest absolute Gasteiger partial charge is 0.462 e. The van der Waals surface area contributed by atoms with E-state index in [-0.39, 0.29) is 0 Å². The first-order valence-electron chi connectivity index (χ1n) is 6.98. The van der Waals surface area contributed by atoms with Gasteiger partial charge in [-0.25, -0.2) is 13.6 Å².